The lowest BCUT2D eigenvalue weighted by Gasteiger charge is -2.25. The van der Waals surface area contributed by atoms with E-state index in [-0.39, 0.29) is 23.2 Å². The maximum Gasteiger partial charge on any atom is 0.342 e. The molecule has 0 aliphatic carbocycles. The molecule has 2 aromatic carbocycles. The zero-order chi connectivity index (χ0) is 23.1. The lowest BCUT2D eigenvalue weighted by atomic mass is 9.97. The molecule has 0 radical (unpaired) electrons. The van der Waals surface area contributed by atoms with Gasteiger partial charge in [-0.25, -0.2) is 9.18 Å². The zero-order valence-corrected chi connectivity index (χ0v) is 18.7. The standard InChI is InChI=1S/C26H29FO5/c1-17(2)4-11-22-23(32-21-12-14-31-15-13-21)16-19(24(25(22)28)26(29)30-3)8-5-18-6-9-20(27)10-7-18/h4-10,16,21,28H,11-15H2,1-3H3/b8-5+. The number of carbonyl (C=O) groups excluding carboxylic acids is 1. The van der Waals surface area contributed by atoms with Crippen LogP contribution in [0.2, 0.25) is 0 Å². The molecule has 32 heavy (non-hydrogen) atoms. The Morgan fingerprint density at radius 3 is 2.50 bits per heavy atom. The van der Waals surface area contributed by atoms with Gasteiger partial charge in [-0.3, -0.25) is 0 Å². The minimum Gasteiger partial charge on any atom is -0.507 e. The number of aromatic hydroxyl groups is 1. The Morgan fingerprint density at radius 2 is 1.88 bits per heavy atom. The number of hydrogen-bond donors (Lipinski definition) is 1. The van der Waals surface area contributed by atoms with Crippen LogP contribution in [0.5, 0.6) is 11.5 Å². The van der Waals surface area contributed by atoms with Crippen LogP contribution in [0, 0.1) is 5.82 Å². The fourth-order valence-corrected chi connectivity index (χ4v) is 3.49. The number of halogens is 1. The number of hydrogen-bond acceptors (Lipinski definition) is 5. The normalized spacial score (nSPS) is 14.4. The van der Waals surface area contributed by atoms with Gasteiger partial charge in [-0.15, -0.1) is 0 Å². The summed E-state index contributed by atoms with van der Waals surface area (Å²) in [5.74, 6) is -0.598. The van der Waals surface area contributed by atoms with Gasteiger partial charge in [-0.05, 0) is 49.6 Å². The van der Waals surface area contributed by atoms with Crippen LogP contribution in [0.1, 0.15) is 53.7 Å². The Bertz CT molecular complexity index is 998. The second-order valence-electron chi connectivity index (χ2n) is 7.96. The van der Waals surface area contributed by atoms with Crippen molar-refractivity contribution in [3.8, 4) is 11.5 Å². The Labute approximate surface area is 188 Å². The topological polar surface area (TPSA) is 65.0 Å². The van der Waals surface area contributed by atoms with Gasteiger partial charge in [0.1, 0.15) is 29.0 Å². The molecule has 0 aromatic heterocycles. The molecule has 0 unspecified atom stereocenters. The third kappa shape index (κ3) is 5.98. The van der Waals surface area contributed by atoms with Crippen LogP contribution in [0.15, 0.2) is 42.0 Å². The van der Waals surface area contributed by atoms with Crippen molar-refractivity contribution >= 4 is 18.1 Å². The number of esters is 1. The van der Waals surface area contributed by atoms with Gasteiger partial charge in [0.2, 0.25) is 0 Å². The number of methoxy groups -OCH3 is 1. The molecule has 5 nitrogen and oxygen atoms in total. The van der Waals surface area contributed by atoms with Crippen molar-refractivity contribution in [2.24, 2.45) is 0 Å². The highest BCUT2D eigenvalue weighted by atomic mass is 19.1. The van der Waals surface area contributed by atoms with E-state index in [9.17, 15) is 14.3 Å². The molecular formula is C26H29FO5. The maximum absolute atomic E-state index is 13.2. The van der Waals surface area contributed by atoms with Crippen LogP contribution in [0.3, 0.4) is 0 Å². The van der Waals surface area contributed by atoms with Gasteiger partial charge in [-0.2, -0.15) is 0 Å². The van der Waals surface area contributed by atoms with E-state index in [4.69, 9.17) is 14.2 Å². The predicted molar refractivity (Wildman–Crippen MR) is 122 cm³/mol. The summed E-state index contributed by atoms with van der Waals surface area (Å²) >= 11 is 0. The average Bonchev–Trinajstić information content (AvgIpc) is 2.78. The molecule has 1 aliphatic rings. The van der Waals surface area contributed by atoms with Crippen molar-refractivity contribution in [3.63, 3.8) is 0 Å². The first-order valence-electron chi connectivity index (χ1n) is 10.7. The molecule has 2 aromatic rings. The van der Waals surface area contributed by atoms with Crippen molar-refractivity contribution < 1.29 is 28.5 Å². The fourth-order valence-electron chi connectivity index (χ4n) is 3.49. The Morgan fingerprint density at radius 1 is 1.19 bits per heavy atom. The summed E-state index contributed by atoms with van der Waals surface area (Å²) < 4.78 is 29.8. The first-order chi connectivity index (χ1) is 15.4. The number of phenols is 1. The van der Waals surface area contributed by atoms with Gasteiger partial charge in [-0.1, -0.05) is 35.9 Å². The van der Waals surface area contributed by atoms with E-state index in [1.165, 1.54) is 19.2 Å². The first kappa shape index (κ1) is 23.5. The lowest BCUT2D eigenvalue weighted by Crippen LogP contribution is -2.26. The van der Waals surface area contributed by atoms with E-state index in [0.29, 0.717) is 36.5 Å². The molecule has 0 spiro atoms. The molecule has 6 heteroatoms. The van der Waals surface area contributed by atoms with Crippen molar-refractivity contribution in [1.82, 2.24) is 0 Å². The monoisotopic (exact) mass is 440 g/mol. The van der Waals surface area contributed by atoms with E-state index >= 15 is 0 Å². The predicted octanol–water partition coefficient (Wildman–Crippen LogP) is 5.55. The van der Waals surface area contributed by atoms with E-state index in [1.54, 1.807) is 30.4 Å². The molecule has 1 fully saturated rings. The number of allylic oxidation sites excluding steroid dienone is 2. The molecule has 3 rings (SSSR count). The molecule has 170 valence electrons. The van der Waals surface area contributed by atoms with Crippen LogP contribution in [-0.4, -0.2) is 37.5 Å². The molecule has 1 saturated heterocycles. The van der Waals surface area contributed by atoms with E-state index in [0.717, 1.165) is 24.0 Å². The van der Waals surface area contributed by atoms with Crippen LogP contribution in [0.4, 0.5) is 4.39 Å². The van der Waals surface area contributed by atoms with E-state index in [2.05, 4.69) is 0 Å². The van der Waals surface area contributed by atoms with Crippen LogP contribution in [0.25, 0.3) is 12.2 Å². The fraction of sp³-hybridized carbons (Fsp3) is 0.346. The summed E-state index contributed by atoms with van der Waals surface area (Å²) in [4.78, 5) is 12.6. The Hall–Kier alpha value is -3.12. The highest BCUT2D eigenvalue weighted by Gasteiger charge is 2.25. The summed E-state index contributed by atoms with van der Waals surface area (Å²) in [7, 11) is 1.28. The Balaban J connectivity index is 2.08. The van der Waals surface area contributed by atoms with Gasteiger partial charge in [0.15, 0.2) is 0 Å². The zero-order valence-electron chi connectivity index (χ0n) is 18.7. The average molecular weight is 441 g/mol. The van der Waals surface area contributed by atoms with Gasteiger partial charge in [0.05, 0.1) is 20.3 Å². The van der Waals surface area contributed by atoms with Crippen LogP contribution < -0.4 is 4.74 Å². The largest absolute Gasteiger partial charge is 0.507 e. The highest BCUT2D eigenvalue weighted by Crippen LogP contribution is 2.38. The van der Waals surface area contributed by atoms with Crippen molar-refractivity contribution in [2.75, 3.05) is 20.3 Å². The van der Waals surface area contributed by atoms with Crippen molar-refractivity contribution in [3.05, 3.63) is 70.1 Å². The summed E-state index contributed by atoms with van der Waals surface area (Å²) in [6.45, 7) is 5.18. The molecular weight excluding hydrogens is 411 g/mol. The quantitative estimate of drug-likeness (QED) is 0.347. The third-order valence-corrected chi connectivity index (χ3v) is 5.29. The molecule has 1 N–H and O–H groups in total. The third-order valence-electron chi connectivity index (χ3n) is 5.29. The minimum absolute atomic E-state index is 0.0356. The summed E-state index contributed by atoms with van der Waals surface area (Å²) in [5.41, 5.74) is 2.91. The molecule has 1 heterocycles. The van der Waals surface area contributed by atoms with Crippen LogP contribution >= 0.6 is 0 Å². The minimum atomic E-state index is -0.641. The van der Waals surface area contributed by atoms with Crippen LogP contribution in [-0.2, 0) is 15.9 Å². The second-order valence-corrected chi connectivity index (χ2v) is 7.96. The highest BCUT2D eigenvalue weighted by molar-refractivity contribution is 5.98. The molecule has 0 atom stereocenters. The summed E-state index contributed by atoms with van der Waals surface area (Å²) in [5, 5.41) is 11.1. The summed E-state index contributed by atoms with van der Waals surface area (Å²) in [6.07, 6.45) is 7.30. The van der Waals surface area contributed by atoms with Gasteiger partial charge < -0.3 is 19.3 Å². The smallest absolute Gasteiger partial charge is 0.342 e. The number of benzene rings is 2. The van der Waals surface area contributed by atoms with Gasteiger partial charge in [0, 0.05) is 18.4 Å². The van der Waals surface area contributed by atoms with Crippen molar-refractivity contribution in [2.45, 2.75) is 39.2 Å². The number of carbonyl (C=O) groups is 1. The number of ether oxygens (including phenoxy) is 3. The van der Waals surface area contributed by atoms with Gasteiger partial charge in [0.25, 0.3) is 0 Å². The molecule has 0 saturated carbocycles. The lowest BCUT2D eigenvalue weighted by molar-refractivity contribution is 0.0251. The Kier molecular flexibility index (Phi) is 8.06. The first-order valence-corrected chi connectivity index (χ1v) is 10.7. The maximum atomic E-state index is 13.2. The number of rotatable bonds is 7. The number of phenolic OH excluding ortho intramolecular Hbond substituents is 1. The molecule has 0 amide bonds. The molecule has 0 bridgehead atoms. The summed E-state index contributed by atoms with van der Waals surface area (Å²) in [6, 6.07) is 7.75. The SMILES string of the molecule is COC(=O)c1c(/C=C/c2ccc(F)cc2)cc(OC2CCOCC2)c(CC=C(C)C)c1O. The van der Waals surface area contributed by atoms with E-state index < -0.39 is 5.97 Å². The van der Waals surface area contributed by atoms with Crippen molar-refractivity contribution in [1.29, 1.82) is 0 Å². The second kappa shape index (κ2) is 11.0. The van der Waals surface area contributed by atoms with E-state index in [1.807, 2.05) is 19.9 Å². The molecule has 1 aliphatic heterocycles. The van der Waals surface area contributed by atoms with Gasteiger partial charge >= 0.3 is 5.97 Å².